The molecule has 174 valence electrons. The van der Waals surface area contributed by atoms with Gasteiger partial charge in [0.15, 0.2) is 11.9 Å². The zero-order chi connectivity index (χ0) is 23.7. The van der Waals surface area contributed by atoms with E-state index in [0.29, 0.717) is 11.3 Å². The third-order valence-electron chi connectivity index (χ3n) is 6.08. The summed E-state index contributed by atoms with van der Waals surface area (Å²) in [6, 6.07) is 14.3. The van der Waals surface area contributed by atoms with Crippen LogP contribution in [0.4, 0.5) is 0 Å². The first-order valence-corrected chi connectivity index (χ1v) is 11.4. The van der Waals surface area contributed by atoms with Crippen molar-refractivity contribution in [2.45, 2.75) is 45.0 Å². The van der Waals surface area contributed by atoms with Gasteiger partial charge in [-0.1, -0.05) is 12.1 Å². The van der Waals surface area contributed by atoms with Gasteiger partial charge in [-0.25, -0.2) is 4.79 Å². The van der Waals surface area contributed by atoms with Crippen LogP contribution in [0.25, 0.3) is 33.6 Å². The van der Waals surface area contributed by atoms with Crippen LogP contribution in [0.15, 0.2) is 65.3 Å². The molecular weight excluding hydrogens is 432 g/mol. The Bertz CT molecular complexity index is 1320. The van der Waals surface area contributed by atoms with E-state index in [1.807, 2.05) is 38.1 Å². The number of hydrogen-bond acceptors (Lipinski definition) is 6. The van der Waals surface area contributed by atoms with Gasteiger partial charge >= 0.3 is 5.97 Å². The molecule has 0 spiro atoms. The molecular formula is C27H26N2O5. The van der Waals surface area contributed by atoms with Gasteiger partial charge in [0, 0.05) is 36.2 Å². The van der Waals surface area contributed by atoms with Gasteiger partial charge in [0.1, 0.15) is 16.9 Å². The highest BCUT2D eigenvalue weighted by Gasteiger charge is 2.29. The van der Waals surface area contributed by atoms with Crippen molar-refractivity contribution < 1.29 is 23.8 Å². The molecule has 0 radical (unpaired) electrons. The molecule has 4 heterocycles. The summed E-state index contributed by atoms with van der Waals surface area (Å²) in [5.74, 6) is -0.338. The lowest BCUT2D eigenvalue weighted by Crippen LogP contribution is -2.33. The molecule has 1 aliphatic rings. The zero-order valence-electron chi connectivity index (χ0n) is 19.2. The highest BCUT2D eigenvalue weighted by atomic mass is 16.7. The number of aromatic carboxylic acids is 1. The number of ether oxygens (including phenoxy) is 2. The smallest absolute Gasteiger partial charge is 0.335 e. The van der Waals surface area contributed by atoms with Crippen molar-refractivity contribution in [1.82, 2.24) is 9.97 Å². The first kappa shape index (κ1) is 22.3. The topological polar surface area (TPSA) is 94.7 Å². The van der Waals surface area contributed by atoms with Gasteiger partial charge < -0.3 is 19.0 Å². The maximum Gasteiger partial charge on any atom is 0.335 e. The number of benzene rings is 1. The molecule has 7 nitrogen and oxygen atoms in total. The fraction of sp³-hybridized carbons (Fsp3) is 0.296. The van der Waals surface area contributed by atoms with Crippen LogP contribution in [0.5, 0.6) is 0 Å². The number of aromatic nitrogens is 2. The van der Waals surface area contributed by atoms with E-state index in [-0.39, 0.29) is 11.9 Å². The van der Waals surface area contributed by atoms with E-state index in [9.17, 15) is 4.79 Å². The molecule has 7 heteroatoms. The monoisotopic (exact) mass is 458 g/mol. The predicted molar refractivity (Wildman–Crippen MR) is 127 cm³/mol. The largest absolute Gasteiger partial charge is 0.478 e. The van der Waals surface area contributed by atoms with Gasteiger partial charge in [0.2, 0.25) is 0 Å². The van der Waals surface area contributed by atoms with Crippen molar-refractivity contribution >= 4 is 17.1 Å². The Morgan fingerprint density at radius 1 is 1.03 bits per heavy atom. The zero-order valence-corrected chi connectivity index (χ0v) is 19.2. The normalized spacial score (nSPS) is 16.6. The predicted octanol–water partition coefficient (Wildman–Crippen LogP) is 6.03. The third kappa shape index (κ3) is 4.44. The van der Waals surface area contributed by atoms with Gasteiger partial charge in [-0.3, -0.25) is 9.97 Å². The molecule has 0 amide bonds. The number of fused-ring (bicyclic) bond motifs is 1. The van der Waals surface area contributed by atoms with Gasteiger partial charge in [-0.05, 0) is 69.0 Å². The Morgan fingerprint density at radius 3 is 2.56 bits per heavy atom. The molecule has 34 heavy (non-hydrogen) atoms. The van der Waals surface area contributed by atoms with Crippen molar-refractivity contribution in [3.05, 3.63) is 72.2 Å². The van der Waals surface area contributed by atoms with Crippen LogP contribution < -0.4 is 0 Å². The van der Waals surface area contributed by atoms with E-state index in [1.165, 1.54) is 0 Å². The van der Waals surface area contributed by atoms with E-state index < -0.39 is 11.6 Å². The number of pyridine rings is 2. The Balaban J connectivity index is 1.48. The van der Waals surface area contributed by atoms with Gasteiger partial charge in [0.25, 0.3) is 0 Å². The molecule has 1 atom stereocenters. The minimum Gasteiger partial charge on any atom is -0.478 e. The number of furan rings is 1. The highest BCUT2D eigenvalue weighted by Crippen LogP contribution is 2.35. The Labute approximate surface area is 197 Å². The number of carbonyl (C=O) groups is 1. The standard InChI is InChI=1S/C27H26N2O5/c1-27(2,34-24-5-3-4-14-32-24)23-15-19(10-12-29-23)20-11-13-28-21-16-22(33-25(20)21)17-6-8-18(9-7-17)26(30)31/h6-13,15-16,24H,3-5,14H2,1-2H3,(H,30,31). The van der Waals surface area contributed by atoms with Gasteiger partial charge in [-0.2, -0.15) is 0 Å². The van der Waals surface area contributed by atoms with E-state index in [4.69, 9.17) is 19.0 Å². The molecule has 1 N–H and O–H groups in total. The second kappa shape index (κ2) is 9.00. The lowest BCUT2D eigenvalue weighted by atomic mass is 9.99. The summed E-state index contributed by atoms with van der Waals surface area (Å²) in [5.41, 5.74) is 4.42. The van der Waals surface area contributed by atoms with Crippen LogP contribution in [0.3, 0.4) is 0 Å². The fourth-order valence-corrected chi connectivity index (χ4v) is 4.21. The number of nitrogens with zero attached hydrogens (tertiary/aromatic N) is 2. The van der Waals surface area contributed by atoms with Crippen LogP contribution in [0.1, 0.15) is 49.2 Å². The Hall–Kier alpha value is -3.55. The molecule has 1 aromatic carbocycles. The molecule has 1 unspecified atom stereocenters. The Kier molecular flexibility index (Phi) is 5.89. The SMILES string of the molecule is CC(C)(OC1CCCCO1)c1cc(-c2ccnc3cc(-c4ccc(C(=O)O)cc4)oc23)ccn1. The molecule has 1 saturated heterocycles. The third-order valence-corrected chi connectivity index (χ3v) is 6.08. The minimum atomic E-state index is -0.962. The lowest BCUT2D eigenvalue weighted by Gasteiger charge is -2.32. The average Bonchev–Trinajstić information content (AvgIpc) is 3.29. The summed E-state index contributed by atoms with van der Waals surface area (Å²) in [5, 5.41) is 9.14. The quantitative estimate of drug-likeness (QED) is 0.377. The number of rotatable bonds is 6. The summed E-state index contributed by atoms with van der Waals surface area (Å²) in [6.07, 6.45) is 6.36. The maximum atomic E-state index is 11.1. The van der Waals surface area contributed by atoms with Crippen molar-refractivity contribution in [1.29, 1.82) is 0 Å². The van der Waals surface area contributed by atoms with E-state index in [0.717, 1.165) is 53.8 Å². The van der Waals surface area contributed by atoms with Crippen LogP contribution >= 0.6 is 0 Å². The van der Waals surface area contributed by atoms with Crippen molar-refractivity contribution in [2.75, 3.05) is 6.61 Å². The van der Waals surface area contributed by atoms with Gasteiger partial charge in [0.05, 0.1) is 11.3 Å². The molecule has 0 aliphatic carbocycles. The van der Waals surface area contributed by atoms with E-state index in [1.54, 1.807) is 36.7 Å². The fourth-order valence-electron chi connectivity index (χ4n) is 4.21. The van der Waals surface area contributed by atoms with Crippen LogP contribution in [0.2, 0.25) is 0 Å². The highest BCUT2D eigenvalue weighted by molar-refractivity contribution is 5.93. The summed E-state index contributed by atoms with van der Waals surface area (Å²) < 4.78 is 18.2. The van der Waals surface area contributed by atoms with Gasteiger partial charge in [-0.15, -0.1) is 0 Å². The van der Waals surface area contributed by atoms with Crippen molar-refractivity contribution in [3.63, 3.8) is 0 Å². The van der Waals surface area contributed by atoms with Crippen molar-refractivity contribution in [3.8, 4) is 22.5 Å². The number of carboxylic acid groups (broad SMARTS) is 1. The van der Waals surface area contributed by atoms with E-state index in [2.05, 4.69) is 9.97 Å². The molecule has 5 rings (SSSR count). The number of carboxylic acids is 1. The lowest BCUT2D eigenvalue weighted by molar-refractivity contribution is -0.220. The summed E-state index contributed by atoms with van der Waals surface area (Å²) in [4.78, 5) is 20.2. The number of hydrogen-bond donors (Lipinski definition) is 1. The van der Waals surface area contributed by atoms with Crippen LogP contribution in [-0.4, -0.2) is 33.9 Å². The second-order valence-corrected chi connectivity index (χ2v) is 8.92. The minimum absolute atomic E-state index is 0.220. The maximum absolute atomic E-state index is 11.1. The summed E-state index contributed by atoms with van der Waals surface area (Å²) >= 11 is 0. The summed E-state index contributed by atoms with van der Waals surface area (Å²) in [6.45, 7) is 4.74. The Morgan fingerprint density at radius 2 is 1.82 bits per heavy atom. The molecule has 1 aliphatic heterocycles. The molecule has 0 saturated carbocycles. The molecule has 1 fully saturated rings. The first-order chi connectivity index (χ1) is 16.4. The van der Waals surface area contributed by atoms with Crippen LogP contribution in [0, 0.1) is 0 Å². The van der Waals surface area contributed by atoms with E-state index >= 15 is 0 Å². The van der Waals surface area contributed by atoms with Crippen LogP contribution in [-0.2, 0) is 15.1 Å². The molecule has 3 aromatic heterocycles. The molecule has 4 aromatic rings. The summed E-state index contributed by atoms with van der Waals surface area (Å²) in [7, 11) is 0. The molecule has 0 bridgehead atoms. The van der Waals surface area contributed by atoms with Crippen molar-refractivity contribution in [2.24, 2.45) is 0 Å². The first-order valence-electron chi connectivity index (χ1n) is 11.4. The average molecular weight is 459 g/mol. The second-order valence-electron chi connectivity index (χ2n) is 8.92.